The van der Waals surface area contributed by atoms with Crippen LogP contribution in [0.2, 0.25) is 0 Å². The number of carbonyl (C=O) groups is 1. The molecule has 2 aromatic carbocycles. The van der Waals surface area contributed by atoms with Gasteiger partial charge in [0, 0.05) is 10.2 Å². The van der Waals surface area contributed by atoms with Crippen LogP contribution in [0.3, 0.4) is 0 Å². The molecule has 0 saturated carbocycles. The lowest BCUT2D eigenvalue weighted by Crippen LogP contribution is -2.17. The number of aromatic nitrogens is 3. The summed E-state index contributed by atoms with van der Waals surface area (Å²) in [4.78, 5) is 12.3. The Balaban J connectivity index is 1.57. The third kappa shape index (κ3) is 5.98. The number of hydrazone groups is 1. The molecule has 3 aromatic rings. The van der Waals surface area contributed by atoms with E-state index in [2.05, 4.69) is 42.0 Å². The molecule has 1 heterocycles. The SMILES string of the molecule is COc1ccc(NC(=O)CSc2nnc(N/N=C(\C)c3ccc(Br)cc3)n2N)c(C)c1. The number of hydrogen-bond acceptors (Lipinski definition) is 8. The van der Waals surface area contributed by atoms with Crippen LogP contribution in [-0.4, -0.2) is 39.4 Å². The van der Waals surface area contributed by atoms with Gasteiger partial charge < -0.3 is 15.9 Å². The third-order valence-corrected chi connectivity index (χ3v) is 5.76. The van der Waals surface area contributed by atoms with Crippen molar-refractivity contribution in [1.82, 2.24) is 14.9 Å². The minimum Gasteiger partial charge on any atom is -0.497 e. The quantitative estimate of drug-likeness (QED) is 0.186. The third-order valence-electron chi connectivity index (χ3n) is 4.29. The number of benzene rings is 2. The molecule has 1 amide bonds. The number of nitrogens with two attached hydrogens (primary N) is 1. The minimum atomic E-state index is -0.181. The highest BCUT2D eigenvalue weighted by Gasteiger charge is 2.13. The number of nitrogen functional groups attached to an aromatic ring is 1. The van der Waals surface area contributed by atoms with Gasteiger partial charge in [-0.3, -0.25) is 4.79 Å². The van der Waals surface area contributed by atoms with E-state index in [1.165, 1.54) is 16.4 Å². The van der Waals surface area contributed by atoms with Crippen LogP contribution in [0, 0.1) is 6.92 Å². The average Bonchev–Trinajstić information content (AvgIpc) is 3.11. The summed E-state index contributed by atoms with van der Waals surface area (Å²) in [5.41, 5.74) is 6.16. The summed E-state index contributed by atoms with van der Waals surface area (Å²) in [6, 6.07) is 13.2. The summed E-state index contributed by atoms with van der Waals surface area (Å²) in [5, 5.41) is 15.5. The second-order valence-electron chi connectivity index (χ2n) is 6.51. The van der Waals surface area contributed by atoms with Crippen LogP contribution in [-0.2, 0) is 4.79 Å². The number of ether oxygens (including phenoxy) is 1. The highest BCUT2D eigenvalue weighted by atomic mass is 79.9. The molecule has 4 N–H and O–H groups in total. The Kier molecular flexibility index (Phi) is 7.53. The standard InChI is InChI=1S/C20H22BrN7O2S/c1-12-10-16(30-3)8-9-17(12)23-18(29)11-31-20-27-26-19(28(20)22)25-24-13(2)14-4-6-15(21)7-5-14/h4-10H,11,22H2,1-3H3,(H,23,29)(H,25,26)/b24-13+. The van der Waals surface area contributed by atoms with Crippen molar-refractivity contribution in [1.29, 1.82) is 0 Å². The first-order chi connectivity index (χ1) is 14.9. The molecular formula is C20H22BrN7O2S. The molecule has 0 fully saturated rings. The number of carbonyl (C=O) groups excluding carboxylic acids is 1. The zero-order valence-electron chi connectivity index (χ0n) is 17.2. The van der Waals surface area contributed by atoms with Crippen molar-refractivity contribution in [3.8, 4) is 5.75 Å². The molecule has 9 nitrogen and oxygen atoms in total. The molecule has 0 radical (unpaired) electrons. The van der Waals surface area contributed by atoms with E-state index in [1.54, 1.807) is 19.2 Å². The number of nitrogens with one attached hydrogen (secondary N) is 2. The van der Waals surface area contributed by atoms with Crippen molar-refractivity contribution in [2.75, 3.05) is 29.4 Å². The van der Waals surface area contributed by atoms with Crippen LogP contribution in [0.1, 0.15) is 18.1 Å². The molecular weight excluding hydrogens is 482 g/mol. The summed E-state index contributed by atoms with van der Waals surface area (Å²) < 4.78 is 7.43. The fourth-order valence-electron chi connectivity index (χ4n) is 2.56. The van der Waals surface area contributed by atoms with Gasteiger partial charge in [-0.05, 0) is 55.3 Å². The van der Waals surface area contributed by atoms with E-state index >= 15 is 0 Å². The molecule has 0 saturated heterocycles. The number of rotatable bonds is 8. The molecule has 0 spiro atoms. The van der Waals surface area contributed by atoms with Gasteiger partial charge in [0.25, 0.3) is 5.95 Å². The smallest absolute Gasteiger partial charge is 0.264 e. The van der Waals surface area contributed by atoms with E-state index in [9.17, 15) is 4.79 Å². The van der Waals surface area contributed by atoms with E-state index in [1.807, 2.05) is 44.2 Å². The van der Waals surface area contributed by atoms with Gasteiger partial charge in [-0.15, -0.1) is 10.2 Å². The van der Waals surface area contributed by atoms with Crippen molar-refractivity contribution < 1.29 is 9.53 Å². The molecule has 3 rings (SSSR count). The van der Waals surface area contributed by atoms with E-state index < -0.39 is 0 Å². The van der Waals surface area contributed by atoms with Crippen molar-refractivity contribution in [2.45, 2.75) is 19.0 Å². The number of aryl methyl sites for hydroxylation is 1. The van der Waals surface area contributed by atoms with Gasteiger partial charge in [0.15, 0.2) is 0 Å². The minimum absolute atomic E-state index is 0.127. The molecule has 162 valence electrons. The second-order valence-corrected chi connectivity index (χ2v) is 8.37. The average molecular weight is 504 g/mol. The fourth-order valence-corrected chi connectivity index (χ4v) is 3.48. The van der Waals surface area contributed by atoms with Crippen LogP contribution in [0.5, 0.6) is 5.75 Å². The lowest BCUT2D eigenvalue weighted by molar-refractivity contribution is -0.113. The Hall–Kier alpha value is -3.05. The number of thioether (sulfide) groups is 1. The van der Waals surface area contributed by atoms with Crippen molar-refractivity contribution in [2.24, 2.45) is 5.10 Å². The van der Waals surface area contributed by atoms with Crippen LogP contribution in [0.4, 0.5) is 11.6 Å². The van der Waals surface area contributed by atoms with Gasteiger partial charge >= 0.3 is 0 Å². The number of amides is 1. The molecule has 0 aliphatic rings. The summed E-state index contributed by atoms with van der Waals surface area (Å²) in [5.74, 6) is 6.98. The molecule has 31 heavy (non-hydrogen) atoms. The van der Waals surface area contributed by atoms with Crippen LogP contribution in [0.15, 0.2) is 57.2 Å². The highest BCUT2D eigenvalue weighted by Crippen LogP contribution is 2.22. The number of anilines is 2. The van der Waals surface area contributed by atoms with Crippen molar-refractivity contribution in [3.05, 3.63) is 58.1 Å². The van der Waals surface area contributed by atoms with E-state index in [0.717, 1.165) is 32.7 Å². The highest BCUT2D eigenvalue weighted by molar-refractivity contribution is 9.10. The monoisotopic (exact) mass is 503 g/mol. The van der Waals surface area contributed by atoms with Crippen LogP contribution < -0.4 is 21.3 Å². The van der Waals surface area contributed by atoms with Crippen LogP contribution >= 0.6 is 27.7 Å². The predicted molar refractivity (Wildman–Crippen MR) is 127 cm³/mol. The Morgan fingerprint density at radius 2 is 2.00 bits per heavy atom. The van der Waals surface area contributed by atoms with Gasteiger partial charge in [-0.2, -0.15) is 5.10 Å². The number of methoxy groups -OCH3 is 1. The number of hydrogen-bond donors (Lipinski definition) is 3. The maximum Gasteiger partial charge on any atom is 0.264 e. The zero-order chi connectivity index (χ0) is 22.4. The molecule has 1 aromatic heterocycles. The predicted octanol–water partition coefficient (Wildman–Crippen LogP) is 3.64. The topological polar surface area (TPSA) is 119 Å². The summed E-state index contributed by atoms with van der Waals surface area (Å²) in [6.45, 7) is 3.77. The second kappa shape index (κ2) is 10.3. The molecule has 11 heteroatoms. The summed E-state index contributed by atoms with van der Waals surface area (Å²) in [6.07, 6.45) is 0. The first-order valence-electron chi connectivity index (χ1n) is 9.21. The Bertz CT molecular complexity index is 1100. The Morgan fingerprint density at radius 3 is 2.68 bits per heavy atom. The van der Waals surface area contributed by atoms with Gasteiger partial charge in [-0.25, -0.2) is 10.1 Å². The maximum atomic E-state index is 12.3. The van der Waals surface area contributed by atoms with Crippen molar-refractivity contribution >= 4 is 50.9 Å². The first kappa shape index (κ1) is 22.6. The molecule has 0 bridgehead atoms. The van der Waals surface area contributed by atoms with Gasteiger partial charge in [0.05, 0.1) is 18.6 Å². The number of halogens is 1. The van der Waals surface area contributed by atoms with Crippen molar-refractivity contribution in [3.63, 3.8) is 0 Å². The molecule has 0 aliphatic carbocycles. The normalized spacial score (nSPS) is 11.3. The van der Waals surface area contributed by atoms with Gasteiger partial charge in [0.2, 0.25) is 11.1 Å². The van der Waals surface area contributed by atoms with Gasteiger partial charge in [0.1, 0.15) is 5.75 Å². The van der Waals surface area contributed by atoms with E-state index in [0.29, 0.717) is 5.16 Å². The molecule has 0 atom stereocenters. The largest absolute Gasteiger partial charge is 0.497 e. The van der Waals surface area contributed by atoms with Crippen LogP contribution in [0.25, 0.3) is 0 Å². The Labute approximate surface area is 192 Å². The summed E-state index contributed by atoms with van der Waals surface area (Å²) >= 11 is 4.58. The molecule has 0 unspecified atom stereocenters. The molecule has 0 aliphatic heterocycles. The first-order valence-corrected chi connectivity index (χ1v) is 11.0. The van der Waals surface area contributed by atoms with E-state index in [4.69, 9.17) is 10.6 Å². The van der Waals surface area contributed by atoms with Gasteiger partial charge in [-0.1, -0.05) is 39.8 Å². The zero-order valence-corrected chi connectivity index (χ0v) is 19.6. The lowest BCUT2D eigenvalue weighted by atomic mass is 10.1. The summed E-state index contributed by atoms with van der Waals surface area (Å²) in [7, 11) is 1.60. The fraction of sp³-hybridized carbons (Fsp3) is 0.200. The maximum absolute atomic E-state index is 12.3. The lowest BCUT2D eigenvalue weighted by Gasteiger charge is -2.09. The Morgan fingerprint density at radius 1 is 1.26 bits per heavy atom. The van der Waals surface area contributed by atoms with E-state index in [-0.39, 0.29) is 17.6 Å². The number of nitrogens with zero attached hydrogens (tertiary/aromatic N) is 4.